The lowest BCUT2D eigenvalue weighted by Gasteiger charge is -2.25. The minimum Gasteiger partial charge on any atom is -0.482 e. The van der Waals surface area contributed by atoms with Gasteiger partial charge in [0.1, 0.15) is 5.75 Å². The Morgan fingerprint density at radius 2 is 2.04 bits per heavy atom. The first kappa shape index (κ1) is 16.1. The number of amides is 1. The topological polar surface area (TPSA) is 42.4 Å². The number of carbonyl (C=O) groups excluding carboxylic acids is 1. The van der Waals surface area contributed by atoms with Crippen LogP contribution in [0.5, 0.6) is 5.75 Å². The molecule has 2 aromatic rings. The number of aromatic nitrogens is 1. The van der Waals surface area contributed by atoms with E-state index in [1.54, 1.807) is 30.6 Å². The van der Waals surface area contributed by atoms with Gasteiger partial charge in [-0.25, -0.2) is 0 Å². The first-order chi connectivity index (χ1) is 11.1. The molecule has 0 aliphatic carbocycles. The fourth-order valence-electron chi connectivity index (χ4n) is 2.81. The van der Waals surface area contributed by atoms with Crippen molar-refractivity contribution in [2.45, 2.75) is 18.9 Å². The third kappa shape index (κ3) is 3.77. The van der Waals surface area contributed by atoms with E-state index in [4.69, 9.17) is 27.9 Å². The number of hydrogen-bond acceptors (Lipinski definition) is 3. The lowest BCUT2D eigenvalue weighted by Crippen LogP contribution is -2.34. The van der Waals surface area contributed by atoms with Crippen molar-refractivity contribution in [2.75, 3.05) is 13.2 Å². The molecule has 0 bridgehead atoms. The number of rotatable bonds is 4. The van der Waals surface area contributed by atoms with Gasteiger partial charge in [-0.3, -0.25) is 9.78 Å². The zero-order chi connectivity index (χ0) is 16.2. The third-order valence-corrected chi connectivity index (χ3v) is 4.46. The average molecular weight is 351 g/mol. The van der Waals surface area contributed by atoms with Gasteiger partial charge in [-0.15, -0.1) is 0 Å². The van der Waals surface area contributed by atoms with Crippen LogP contribution in [0.1, 0.15) is 24.4 Å². The summed E-state index contributed by atoms with van der Waals surface area (Å²) in [5.74, 6) is 0.368. The van der Waals surface area contributed by atoms with Gasteiger partial charge in [0.25, 0.3) is 5.91 Å². The second kappa shape index (κ2) is 7.20. The van der Waals surface area contributed by atoms with E-state index in [0.717, 1.165) is 24.9 Å². The monoisotopic (exact) mass is 350 g/mol. The smallest absolute Gasteiger partial charge is 0.261 e. The van der Waals surface area contributed by atoms with Gasteiger partial charge in [0.2, 0.25) is 0 Å². The first-order valence-electron chi connectivity index (χ1n) is 7.42. The lowest BCUT2D eigenvalue weighted by molar-refractivity contribution is -0.134. The van der Waals surface area contributed by atoms with E-state index < -0.39 is 0 Å². The molecule has 0 spiro atoms. The summed E-state index contributed by atoms with van der Waals surface area (Å²) in [7, 11) is 0. The van der Waals surface area contributed by atoms with Crippen LogP contribution < -0.4 is 4.74 Å². The summed E-state index contributed by atoms with van der Waals surface area (Å²) in [6, 6.07) is 8.93. The van der Waals surface area contributed by atoms with Crippen molar-refractivity contribution in [3.8, 4) is 5.75 Å². The lowest BCUT2D eigenvalue weighted by atomic mass is 10.1. The second-order valence-corrected chi connectivity index (χ2v) is 6.23. The van der Waals surface area contributed by atoms with E-state index in [2.05, 4.69) is 4.98 Å². The Labute approximate surface area is 145 Å². The Kier molecular flexibility index (Phi) is 5.03. The fraction of sp³-hybridized carbons (Fsp3) is 0.294. The molecular formula is C17H16Cl2N2O2. The normalized spacial score (nSPS) is 17.3. The molecule has 1 amide bonds. The number of nitrogens with zero attached hydrogens (tertiary/aromatic N) is 2. The van der Waals surface area contributed by atoms with Crippen molar-refractivity contribution in [1.82, 2.24) is 9.88 Å². The summed E-state index contributed by atoms with van der Waals surface area (Å²) in [5.41, 5.74) is 1.10. The molecule has 1 atom stereocenters. The van der Waals surface area contributed by atoms with Crippen LogP contribution in [0.4, 0.5) is 0 Å². The van der Waals surface area contributed by atoms with Crippen molar-refractivity contribution in [3.05, 3.63) is 58.3 Å². The number of ether oxygens (including phenoxy) is 1. The SMILES string of the molecule is O=C(COc1cc(Cl)ccc1Cl)N1CCC[C@H]1c1ccncc1. The van der Waals surface area contributed by atoms with Gasteiger partial charge in [0, 0.05) is 30.0 Å². The molecule has 0 unspecified atom stereocenters. The molecule has 0 saturated carbocycles. The minimum absolute atomic E-state index is 0.0539. The number of pyridine rings is 1. The summed E-state index contributed by atoms with van der Waals surface area (Å²) in [4.78, 5) is 18.4. The van der Waals surface area contributed by atoms with Gasteiger partial charge in [0.05, 0.1) is 11.1 Å². The van der Waals surface area contributed by atoms with E-state index in [-0.39, 0.29) is 18.6 Å². The van der Waals surface area contributed by atoms with Crippen molar-refractivity contribution in [1.29, 1.82) is 0 Å². The summed E-state index contributed by atoms with van der Waals surface area (Å²) in [6.07, 6.45) is 5.43. The third-order valence-electron chi connectivity index (χ3n) is 3.91. The Morgan fingerprint density at radius 3 is 2.83 bits per heavy atom. The molecule has 2 heterocycles. The van der Waals surface area contributed by atoms with Crippen LogP contribution in [-0.4, -0.2) is 28.9 Å². The zero-order valence-electron chi connectivity index (χ0n) is 12.4. The molecule has 6 heteroatoms. The average Bonchev–Trinajstić information content (AvgIpc) is 3.06. The number of halogens is 2. The highest BCUT2D eigenvalue weighted by atomic mass is 35.5. The van der Waals surface area contributed by atoms with E-state index in [9.17, 15) is 4.79 Å². The van der Waals surface area contributed by atoms with Gasteiger partial charge in [-0.2, -0.15) is 0 Å². The quantitative estimate of drug-likeness (QED) is 0.832. The molecule has 0 N–H and O–H groups in total. The molecule has 1 aromatic heterocycles. The summed E-state index contributed by atoms with van der Waals surface area (Å²) in [5, 5.41) is 0.960. The molecule has 1 aliphatic rings. The van der Waals surface area contributed by atoms with Crippen molar-refractivity contribution >= 4 is 29.1 Å². The fourth-order valence-corrected chi connectivity index (χ4v) is 3.14. The second-order valence-electron chi connectivity index (χ2n) is 5.39. The molecule has 23 heavy (non-hydrogen) atoms. The summed E-state index contributed by atoms with van der Waals surface area (Å²) >= 11 is 12.0. The number of carbonyl (C=O) groups is 1. The predicted molar refractivity (Wildman–Crippen MR) is 89.9 cm³/mol. The number of benzene rings is 1. The van der Waals surface area contributed by atoms with Crippen molar-refractivity contribution in [2.24, 2.45) is 0 Å². The maximum atomic E-state index is 12.5. The molecule has 1 aliphatic heterocycles. The van der Waals surface area contributed by atoms with Gasteiger partial charge in [0.15, 0.2) is 6.61 Å². The molecule has 1 saturated heterocycles. The van der Waals surface area contributed by atoms with Crippen molar-refractivity contribution < 1.29 is 9.53 Å². The standard InChI is InChI=1S/C17H16Cl2N2O2/c18-13-3-4-14(19)16(10-13)23-11-17(22)21-9-1-2-15(21)12-5-7-20-8-6-12/h3-8,10,15H,1-2,9,11H2/t15-/m0/s1. The van der Waals surface area contributed by atoms with Crippen LogP contribution in [0, 0.1) is 0 Å². The van der Waals surface area contributed by atoms with Crippen LogP contribution in [0.2, 0.25) is 10.0 Å². The highest BCUT2D eigenvalue weighted by Gasteiger charge is 2.30. The van der Waals surface area contributed by atoms with E-state index >= 15 is 0 Å². The largest absolute Gasteiger partial charge is 0.482 e. The van der Waals surface area contributed by atoms with Gasteiger partial charge >= 0.3 is 0 Å². The summed E-state index contributed by atoms with van der Waals surface area (Å²) in [6.45, 7) is 0.681. The minimum atomic E-state index is -0.0552. The highest BCUT2D eigenvalue weighted by Crippen LogP contribution is 2.32. The predicted octanol–water partition coefficient (Wildman–Crippen LogP) is 4.13. The van der Waals surface area contributed by atoms with Crippen LogP contribution >= 0.6 is 23.2 Å². The van der Waals surface area contributed by atoms with Crippen LogP contribution in [0.3, 0.4) is 0 Å². The molecule has 3 rings (SSSR count). The van der Waals surface area contributed by atoms with Gasteiger partial charge in [-0.05, 0) is 42.7 Å². The maximum Gasteiger partial charge on any atom is 0.261 e. The molecular weight excluding hydrogens is 335 g/mol. The van der Waals surface area contributed by atoms with Crippen LogP contribution in [-0.2, 0) is 4.79 Å². The van der Waals surface area contributed by atoms with Crippen LogP contribution in [0.15, 0.2) is 42.7 Å². The molecule has 0 radical (unpaired) electrons. The molecule has 1 fully saturated rings. The Morgan fingerprint density at radius 1 is 1.26 bits per heavy atom. The number of hydrogen-bond donors (Lipinski definition) is 0. The molecule has 4 nitrogen and oxygen atoms in total. The van der Waals surface area contributed by atoms with Gasteiger partial charge < -0.3 is 9.64 Å². The Bertz CT molecular complexity index is 694. The maximum absolute atomic E-state index is 12.5. The zero-order valence-corrected chi connectivity index (χ0v) is 13.9. The molecule has 120 valence electrons. The number of likely N-dealkylation sites (tertiary alicyclic amines) is 1. The summed E-state index contributed by atoms with van der Waals surface area (Å²) < 4.78 is 5.56. The molecule has 1 aromatic carbocycles. The highest BCUT2D eigenvalue weighted by molar-refractivity contribution is 6.34. The van der Waals surface area contributed by atoms with E-state index in [1.807, 2.05) is 17.0 Å². The van der Waals surface area contributed by atoms with Crippen LogP contribution in [0.25, 0.3) is 0 Å². The Hall–Kier alpha value is -1.78. The van der Waals surface area contributed by atoms with E-state index in [0.29, 0.717) is 15.8 Å². The van der Waals surface area contributed by atoms with Gasteiger partial charge in [-0.1, -0.05) is 23.2 Å². The van der Waals surface area contributed by atoms with Crippen molar-refractivity contribution in [3.63, 3.8) is 0 Å². The van der Waals surface area contributed by atoms with E-state index in [1.165, 1.54) is 0 Å². The Balaban J connectivity index is 1.67. The first-order valence-corrected chi connectivity index (χ1v) is 8.18.